The molecular formula is C17H30N2O5. The topological polar surface area (TPSA) is 93.5 Å². The molecule has 0 radical (unpaired) electrons. The van der Waals surface area contributed by atoms with E-state index < -0.39 is 17.8 Å². The van der Waals surface area contributed by atoms with Crippen molar-refractivity contribution in [2.45, 2.75) is 62.4 Å². The lowest BCUT2D eigenvalue weighted by molar-refractivity contribution is -0.148. The molecule has 0 unspecified atom stereocenters. The lowest BCUT2D eigenvalue weighted by atomic mass is 9.82. The van der Waals surface area contributed by atoms with Gasteiger partial charge in [0.25, 0.3) is 0 Å². The fourth-order valence-electron chi connectivity index (χ4n) is 4.17. The molecule has 138 valence electrons. The van der Waals surface area contributed by atoms with Gasteiger partial charge in [-0.3, -0.25) is 9.69 Å². The highest BCUT2D eigenvalue weighted by Crippen LogP contribution is 2.31. The fourth-order valence-corrected chi connectivity index (χ4v) is 4.17. The maximum absolute atomic E-state index is 12.5. The summed E-state index contributed by atoms with van der Waals surface area (Å²) in [6.07, 6.45) is 3.17. The third-order valence-corrected chi connectivity index (χ3v) is 5.77. The lowest BCUT2D eigenvalue weighted by Crippen LogP contribution is -2.61. The summed E-state index contributed by atoms with van der Waals surface area (Å²) < 4.78 is 5.34. The van der Waals surface area contributed by atoms with Crippen LogP contribution in [0.3, 0.4) is 0 Å². The number of piperazine rings is 1. The molecule has 1 aliphatic carbocycles. The smallest absolute Gasteiger partial charge is 0.225 e. The number of ether oxygens (including phenoxy) is 1. The molecule has 0 aromatic heterocycles. The highest BCUT2D eigenvalue weighted by atomic mass is 16.5. The Balaban J connectivity index is 1.48. The minimum absolute atomic E-state index is 0.0273. The van der Waals surface area contributed by atoms with E-state index in [1.54, 1.807) is 0 Å². The van der Waals surface area contributed by atoms with Gasteiger partial charge in [-0.2, -0.15) is 0 Å². The molecule has 24 heavy (non-hydrogen) atoms. The lowest BCUT2D eigenvalue weighted by Gasteiger charge is -2.44. The van der Waals surface area contributed by atoms with Crippen molar-refractivity contribution in [3.8, 4) is 0 Å². The maximum atomic E-state index is 12.5. The summed E-state index contributed by atoms with van der Waals surface area (Å²) in [5.74, 6) is 0.0273. The van der Waals surface area contributed by atoms with Crippen molar-refractivity contribution in [3.63, 3.8) is 0 Å². The summed E-state index contributed by atoms with van der Waals surface area (Å²) in [4.78, 5) is 16.4. The first kappa shape index (κ1) is 18.1. The molecule has 3 atom stereocenters. The number of aliphatic hydroxyl groups is 3. The van der Waals surface area contributed by atoms with Crippen LogP contribution in [0.25, 0.3) is 0 Å². The molecule has 2 aliphatic heterocycles. The van der Waals surface area contributed by atoms with Crippen molar-refractivity contribution in [1.29, 1.82) is 0 Å². The van der Waals surface area contributed by atoms with Crippen LogP contribution < -0.4 is 0 Å². The number of carbonyl (C=O) groups excluding carboxylic acids is 1. The van der Waals surface area contributed by atoms with Crippen LogP contribution in [0.1, 0.15) is 38.5 Å². The van der Waals surface area contributed by atoms with Crippen molar-refractivity contribution >= 4 is 5.91 Å². The molecule has 0 spiro atoms. The Morgan fingerprint density at radius 3 is 2.38 bits per heavy atom. The fraction of sp³-hybridized carbons (Fsp3) is 0.941. The zero-order valence-electron chi connectivity index (χ0n) is 14.3. The van der Waals surface area contributed by atoms with E-state index in [-0.39, 0.29) is 25.0 Å². The molecule has 7 nitrogen and oxygen atoms in total. The number of rotatable bonds is 3. The molecule has 3 fully saturated rings. The Morgan fingerprint density at radius 2 is 1.71 bits per heavy atom. The molecule has 1 saturated carbocycles. The Morgan fingerprint density at radius 1 is 1.04 bits per heavy atom. The van der Waals surface area contributed by atoms with Gasteiger partial charge < -0.3 is 25.0 Å². The standard InChI is InChI=1S/C17H30N2O5/c20-14-12-24-11-13(16(14)22)18-6-8-19(9-7-18)15(21)10-17(23)4-2-1-3-5-17/h13-14,16,20,22-23H,1-12H2/t13-,14-,16+/m1/s1. The van der Waals surface area contributed by atoms with Gasteiger partial charge in [-0.1, -0.05) is 19.3 Å². The SMILES string of the molecule is O=C(CC1(O)CCCCC1)N1CCN([C@@H]2COC[C@@H](O)[C@H]2O)CC1. The van der Waals surface area contributed by atoms with Crippen LogP contribution in [0.15, 0.2) is 0 Å². The average Bonchev–Trinajstić information content (AvgIpc) is 2.58. The van der Waals surface area contributed by atoms with Crippen LogP contribution in [0.2, 0.25) is 0 Å². The molecule has 7 heteroatoms. The molecule has 1 amide bonds. The number of aliphatic hydroxyl groups excluding tert-OH is 2. The normalized spacial score (nSPS) is 35.0. The molecule has 0 aromatic rings. The summed E-state index contributed by atoms with van der Waals surface area (Å²) in [6.45, 7) is 3.08. The summed E-state index contributed by atoms with van der Waals surface area (Å²) in [5, 5.41) is 30.4. The third-order valence-electron chi connectivity index (χ3n) is 5.77. The zero-order valence-corrected chi connectivity index (χ0v) is 14.3. The minimum atomic E-state index is -0.844. The number of hydrogen-bond acceptors (Lipinski definition) is 6. The average molecular weight is 342 g/mol. The monoisotopic (exact) mass is 342 g/mol. The van der Waals surface area contributed by atoms with Crippen molar-refractivity contribution in [1.82, 2.24) is 9.80 Å². The van der Waals surface area contributed by atoms with E-state index in [0.717, 1.165) is 32.1 Å². The van der Waals surface area contributed by atoms with Crippen molar-refractivity contribution in [2.75, 3.05) is 39.4 Å². The molecule has 2 saturated heterocycles. The number of hydrogen-bond donors (Lipinski definition) is 3. The van der Waals surface area contributed by atoms with Gasteiger partial charge in [-0.25, -0.2) is 0 Å². The van der Waals surface area contributed by atoms with Crippen molar-refractivity contribution < 1.29 is 24.9 Å². The number of nitrogens with zero attached hydrogens (tertiary/aromatic N) is 2. The predicted molar refractivity (Wildman–Crippen MR) is 87.4 cm³/mol. The molecule has 3 aliphatic rings. The second kappa shape index (κ2) is 7.66. The van der Waals surface area contributed by atoms with Crippen LogP contribution in [0.5, 0.6) is 0 Å². The maximum Gasteiger partial charge on any atom is 0.225 e. The van der Waals surface area contributed by atoms with Gasteiger partial charge in [0.15, 0.2) is 0 Å². The summed E-state index contributed by atoms with van der Waals surface area (Å²) in [6, 6.07) is -0.214. The first-order valence-electron chi connectivity index (χ1n) is 9.17. The molecule has 0 bridgehead atoms. The quantitative estimate of drug-likeness (QED) is 0.630. The van der Waals surface area contributed by atoms with Gasteiger partial charge in [-0.05, 0) is 12.8 Å². The van der Waals surface area contributed by atoms with E-state index >= 15 is 0 Å². The molecule has 2 heterocycles. The van der Waals surface area contributed by atoms with Crippen LogP contribution in [0, 0.1) is 0 Å². The predicted octanol–water partition coefficient (Wildman–Crippen LogP) is -0.663. The van der Waals surface area contributed by atoms with E-state index in [1.807, 2.05) is 4.90 Å². The third kappa shape index (κ3) is 4.08. The van der Waals surface area contributed by atoms with Crippen LogP contribution in [-0.2, 0) is 9.53 Å². The van der Waals surface area contributed by atoms with Gasteiger partial charge in [0.1, 0.15) is 6.10 Å². The highest BCUT2D eigenvalue weighted by molar-refractivity contribution is 5.77. The van der Waals surface area contributed by atoms with Gasteiger partial charge >= 0.3 is 0 Å². The first-order valence-corrected chi connectivity index (χ1v) is 9.17. The van der Waals surface area contributed by atoms with Gasteiger partial charge in [0.2, 0.25) is 5.91 Å². The second-order valence-electron chi connectivity index (χ2n) is 7.54. The Labute approximate surface area is 143 Å². The van der Waals surface area contributed by atoms with E-state index in [0.29, 0.717) is 32.8 Å². The Hall–Kier alpha value is -0.730. The molecule has 3 rings (SSSR count). The minimum Gasteiger partial charge on any atom is -0.389 e. The summed E-state index contributed by atoms with van der Waals surface area (Å²) >= 11 is 0. The largest absolute Gasteiger partial charge is 0.389 e. The molecule has 3 N–H and O–H groups in total. The van der Waals surface area contributed by atoms with Gasteiger partial charge in [0, 0.05) is 26.2 Å². The summed E-state index contributed by atoms with van der Waals surface area (Å²) in [7, 11) is 0. The molecule has 0 aromatic carbocycles. The van der Waals surface area contributed by atoms with E-state index in [1.165, 1.54) is 0 Å². The zero-order chi connectivity index (χ0) is 17.2. The van der Waals surface area contributed by atoms with Crippen molar-refractivity contribution in [2.24, 2.45) is 0 Å². The number of amides is 1. The van der Waals surface area contributed by atoms with E-state index in [4.69, 9.17) is 4.74 Å². The van der Waals surface area contributed by atoms with E-state index in [2.05, 4.69) is 4.90 Å². The first-order chi connectivity index (χ1) is 11.5. The van der Waals surface area contributed by atoms with Gasteiger partial charge in [0.05, 0.1) is 37.4 Å². The summed E-state index contributed by atoms with van der Waals surface area (Å²) in [5.41, 5.74) is -0.815. The van der Waals surface area contributed by atoms with Crippen LogP contribution in [-0.4, -0.2) is 94.3 Å². The highest BCUT2D eigenvalue weighted by Gasteiger charge is 2.38. The van der Waals surface area contributed by atoms with Crippen LogP contribution in [0.4, 0.5) is 0 Å². The number of carbonyl (C=O) groups is 1. The van der Waals surface area contributed by atoms with Crippen molar-refractivity contribution in [3.05, 3.63) is 0 Å². The molecular weight excluding hydrogens is 312 g/mol. The Bertz CT molecular complexity index is 433. The Kier molecular flexibility index (Phi) is 5.77. The van der Waals surface area contributed by atoms with Crippen LogP contribution >= 0.6 is 0 Å². The van der Waals surface area contributed by atoms with E-state index in [9.17, 15) is 20.1 Å². The van der Waals surface area contributed by atoms with Gasteiger partial charge in [-0.15, -0.1) is 0 Å². The second-order valence-corrected chi connectivity index (χ2v) is 7.54.